The maximum absolute atomic E-state index is 13.8. The van der Waals surface area contributed by atoms with Crippen LogP contribution in [0.15, 0.2) is 42.6 Å². The third kappa shape index (κ3) is 4.20. The van der Waals surface area contributed by atoms with Crippen molar-refractivity contribution in [3.05, 3.63) is 59.3 Å². The number of aromatic nitrogens is 1. The lowest BCUT2D eigenvalue weighted by Crippen LogP contribution is -2.69. The van der Waals surface area contributed by atoms with Crippen LogP contribution < -0.4 is 4.90 Å². The van der Waals surface area contributed by atoms with E-state index in [-0.39, 0.29) is 43.1 Å². The molecule has 2 aliphatic rings. The second-order valence-corrected chi connectivity index (χ2v) is 9.31. The molecule has 2 amide bonds. The maximum Gasteiger partial charge on any atom is 0.270 e. The van der Waals surface area contributed by atoms with Gasteiger partial charge in [0.05, 0.1) is 18.2 Å². The largest absolute Gasteiger partial charge is 0.354 e. The number of pyridine rings is 1. The molecule has 34 heavy (non-hydrogen) atoms. The molecule has 1 spiro atoms. The van der Waals surface area contributed by atoms with E-state index in [1.807, 2.05) is 18.7 Å². The van der Waals surface area contributed by atoms with E-state index in [9.17, 15) is 23.6 Å². The summed E-state index contributed by atoms with van der Waals surface area (Å²) in [7, 11) is 0. The number of rotatable bonds is 5. The lowest BCUT2D eigenvalue weighted by Gasteiger charge is -2.48. The number of amides is 2. The summed E-state index contributed by atoms with van der Waals surface area (Å²) >= 11 is 0. The van der Waals surface area contributed by atoms with E-state index < -0.39 is 11.5 Å². The molecule has 2 saturated heterocycles. The Hall–Kier alpha value is -3.54. The van der Waals surface area contributed by atoms with Crippen molar-refractivity contribution in [2.45, 2.75) is 51.2 Å². The zero-order valence-electron chi connectivity index (χ0n) is 19.5. The maximum atomic E-state index is 13.8. The number of nitriles is 1. The van der Waals surface area contributed by atoms with Gasteiger partial charge in [0.25, 0.3) is 11.8 Å². The van der Waals surface area contributed by atoms with Gasteiger partial charge in [-0.2, -0.15) is 5.26 Å². The molecule has 0 N–H and O–H groups in total. The fourth-order valence-corrected chi connectivity index (χ4v) is 4.71. The number of halogens is 2. The molecule has 1 atom stereocenters. The van der Waals surface area contributed by atoms with Gasteiger partial charge in [-0.3, -0.25) is 9.59 Å². The monoisotopic (exact) mass is 467 g/mol. The van der Waals surface area contributed by atoms with E-state index in [0.29, 0.717) is 29.9 Å². The summed E-state index contributed by atoms with van der Waals surface area (Å²) in [5.74, 6) is -2.69. The number of carbonyl (C=O) groups excluding carboxylic acids is 2. The highest BCUT2D eigenvalue weighted by Crippen LogP contribution is 2.37. The normalized spacial score (nSPS) is 21.0. The number of hydrogen-bond acceptors (Lipinski definition) is 5. The first-order valence-electron chi connectivity index (χ1n) is 11.2. The Bertz CT molecular complexity index is 1140. The lowest BCUT2D eigenvalue weighted by molar-refractivity contribution is -0.166. The van der Waals surface area contributed by atoms with Crippen molar-refractivity contribution >= 4 is 17.6 Å². The SMILES string of the molecule is CC(C)N1CC(=O)N(Cc2ccc(C(C)(F)F)cc2)C2(CCN(c3cc(C#N)ccn3)C2)C1=O. The molecule has 0 bridgehead atoms. The molecular formula is C25H27F2N5O2. The summed E-state index contributed by atoms with van der Waals surface area (Å²) in [6, 6.07) is 11.1. The molecule has 4 rings (SSSR count). The van der Waals surface area contributed by atoms with Crippen LogP contribution in [0.3, 0.4) is 0 Å². The molecule has 0 saturated carbocycles. The van der Waals surface area contributed by atoms with E-state index in [1.165, 1.54) is 12.1 Å². The van der Waals surface area contributed by atoms with Crippen molar-refractivity contribution in [3.63, 3.8) is 0 Å². The predicted octanol–water partition coefficient (Wildman–Crippen LogP) is 3.29. The first kappa shape index (κ1) is 23.6. The molecule has 1 aromatic heterocycles. The van der Waals surface area contributed by atoms with Gasteiger partial charge in [0.1, 0.15) is 17.9 Å². The van der Waals surface area contributed by atoms with Gasteiger partial charge in [0.2, 0.25) is 5.91 Å². The fraction of sp³-hybridized carbons (Fsp3) is 0.440. The Morgan fingerprint density at radius 1 is 1.21 bits per heavy atom. The topological polar surface area (TPSA) is 80.5 Å². The highest BCUT2D eigenvalue weighted by atomic mass is 19.3. The van der Waals surface area contributed by atoms with Crippen LogP contribution in [0, 0.1) is 11.3 Å². The molecular weight excluding hydrogens is 440 g/mol. The first-order valence-corrected chi connectivity index (χ1v) is 11.2. The first-order chi connectivity index (χ1) is 16.0. The summed E-state index contributed by atoms with van der Waals surface area (Å²) in [6.45, 7) is 5.45. The Balaban J connectivity index is 1.67. The van der Waals surface area contributed by atoms with E-state index in [1.54, 1.807) is 40.3 Å². The smallest absolute Gasteiger partial charge is 0.270 e. The molecule has 2 aromatic rings. The van der Waals surface area contributed by atoms with Crippen molar-refractivity contribution in [2.75, 3.05) is 24.5 Å². The minimum absolute atomic E-state index is 0.0223. The molecule has 9 heteroatoms. The van der Waals surface area contributed by atoms with Gasteiger partial charge in [-0.05, 0) is 38.0 Å². The number of benzene rings is 1. The van der Waals surface area contributed by atoms with Gasteiger partial charge in [0, 0.05) is 37.8 Å². The molecule has 178 valence electrons. The van der Waals surface area contributed by atoms with Crippen molar-refractivity contribution in [2.24, 2.45) is 0 Å². The van der Waals surface area contributed by atoms with Gasteiger partial charge in [-0.15, -0.1) is 0 Å². The van der Waals surface area contributed by atoms with E-state index in [4.69, 9.17) is 0 Å². The average molecular weight is 468 g/mol. The van der Waals surface area contributed by atoms with Crippen molar-refractivity contribution in [1.29, 1.82) is 5.26 Å². The van der Waals surface area contributed by atoms with Gasteiger partial charge in [0.15, 0.2) is 0 Å². The van der Waals surface area contributed by atoms with Gasteiger partial charge < -0.3 is 14.7 Å². The summed E-state index contributed by atoms with van der Waals surface area (Å²) in [5.41, 5.74) is -0.0642. The van der Waals surface area contributed by atoms with Crippen LogP contribution in [0.4, 0.5) is 14.6 Å². The molecule has 2 fully saturated rings. The fourth-order valence-electron chi connectivity index (χ4n) is 4.71. The summed E-state index contributed by atoms with van der Waals surface area (Å²) < 4.78 is 27.3. The van der Waals surface area contributed by atoms with Crippen LogP contribution in [0.25, 0.3) is 0 Å². The number of carbonyl (C=O) groups is 2. The number of anilines is 1. The van der Waals surface area contributed by atoms with Gasteiger partial charge in [-0.25, -0.2) is 13.8 Å². The third-order valence-electron chi connectivity index (χ3n) is 6.65. The van der Waals surface area contributed by atoms with Crippen LogP contribution in [0.1, 0.15) is 43.9 Å². The summed E-state index contributed by atoms with van der Waals surface area (Å²) in [5, 5.41) is 9.24. The van der Waals surface area contributed by atoms with Crippen LogP contribution in [-0.2, 0) is 22.1 Å². The molecule has 7 nitrogen and oxygen atoms in total. The van der Waals surface area contributed by atoms with E-state index in [2.05, 4.69) is 11.1 Å². The Labute approximate surface area is 197 Å². The molecule has 2 aliphatic heterocycles. The van der Waals surface area contributed by atoms with E-state index in [0.717, 1.165) is 6.92 Å². The zero-order valence-corrected chi connectivity index (χ0v) is 19.5. The Kier molecular flexibility index (Phi) is 6.02. The minimum Gasteiger partial charge on any atom is -0.354 e. The third-order valence-corrected chi connectivity index (χ3v) is 6.65. The van der Waals surface area contributed by atoms with Gasteiger partial charge in [-0.1, -0.05) is 24.3 Å². The van der Waals surface area contributed by atoms with Crippen LogP contribution >= 0.6 is 0 Å². The highest BCUT2D eigenvalue weighted by molar-refractivity contribution is 5.99. The molecule has 1 aromatic carbocycles. The van der Waals surface area contributed by atoms with Crippen molar-refractivity contribution < 1.29 is 18.4 Å². The lowest BCUT2D eigenvalue weighted by atomic mass is 9.89. The summed E-state index contributed by atoms with van der Waals surface area (Å²) in [6.07, 6.45) is 1.96. The van der Waals surface area contributed by atoms with Crippen LogP contribution in [-0.4, -0.2) is 57.8 Å². The second-order valence-electron chi connectivity index (χ2n) is 9.31. The number of piperazine rings is 1. The van der Waals surface area contributed by atoms with Crippen molar-refractivity contribution in [1.82, 2.24) is 14.8 Å². The van der Waals surface area contributed by atoms with Crippen LogP contribution in [0.5, 0.6) is 0 Å². The average Bonchev–Trinajstić information content (AvgIpc) is 3.25. The molecule has 1 unspecified atom stereocenters. The predicted molar refractivity (Wildman–Crippen MR) is 122 cm³/mol. The molecule has 3 heterocycles. The second kappa shape index (κ2) is 8.67. The Morgan fingerprint density at radius 3 is 2.53 bits per heavy atom. The van der Waals surface area contributed by atoms with Crippen molar-refractivity contribution in [3.8, 4) is 6.07 Å². The number of nitrogens with zero attached hydrogens (tertiary/aromatic N) is 5. The standard InChI is InChI=1S/C25H27F2N5O2/c1-17(2)31-15-22(33)32(14-18-4-6-20(7-5-18)24(3,26)27)25(23(31)34)9-11-30(16-25)21-12-19(13-28)8-10-29-21/h4-8,10,12,17H,9,11,14-16H2,1-3H3. The van der Waals surface area contributed by atoms with Gasteiger partial charge >= 0.3 is 0 Å². The van der Waals surface area contributed by atoms with E-state index >= 15 is 0 Å². The zero-order chi connectivity index (χ0) is 24.7. The number of hydrogen-bond donors (Lipinski definition) is 0. The highest BCUT2D eigenvalue weighted by Gasteiger charge is 2.56. The quantitative estimate of drug-likeness (QED) is 0.674. The Morgan fingerprint density at radius 2 is 1.91 bits per heavy atom. The van der Waals surface area contributed by atoms with Crippen LogP contribution in [0.2, 0.25) is 0 Å². The minimum atomic E-state index is -2.95. The molecule has 0 aliphatic carbocycles. The number of alkyl halides is 2. The summed E-state index contributed by atoms with van der Waals surface area (Å²) in [4.78, 5) is 36.6. The molecule has 0 radical (unpaired) electrons.